The van der Waals surface area contributed by atoms with Crippen molar-refractivity contribution in [3.05, 3.63) is 0 Å². The van der Waals surface area contributed by atoms with Crippen molar-refractivity contribution in [1.29, 1.82) is 0 Å². The summed E-state index contributed by atoms with van der Waals surface area (Å²) in [6, 6.07) is 0.160. The van der Waals surface area contributed by atoms with Crippen LogP contribution in [-0.4, -0.2) is 33.0 Å². The first-order valence-corrected chi connectivity index (χ1v) is 4.99. The number of nitrogens with two attached hydrogens (primary N) is 1. The molecule has 0 spiro atoms. The smallest absolute Gasteiger partial charge is 0.0613 e. The Bertz CT molecular complexity index is 107. The number of rotatable bonds is 8. The third kappa shape index (κ3) is 9.80. The van der Waals surface area contributed by atoms with Gasteiger partial charge in [0, 0.05) is 26.4 Å². The fourth-order valence-corrected chi connectivity index (χ4v) is 1.06. The van der Waals surface area contributed by atoms with Crippen LogP contribution >= 0.6 is 0 Å². The molecule has 1 unspecified atom stereocenters. The maximum Gasteiger partial charge on any atom is 0.0613 e. The molecule has 0 aromatic rings. The SMILES string of the molecule is COCC(N)CCCOCC(C)C. The summed E-state index contributed by atoms with van der Waals surface area (Å²) in [4.78, 5) is 0. The van der Waals surface area contributed by atoms with Crippen LogP contribution in [0.1, 0.15) is 26.7 Å². The molecule has 0 aromatic heterocycles. The van der Waals surface area contributed by atoms with Gasteiger partial charge in [0.2, 0.25) is 0 Å². The molecule has 0 aromatic carbocycles. The van der Waals surface area contributed by atoms with E-state index in [1.807, 2.05) is 0 Å². The number of hydrogen-bond acceptors (Lipinski definition) is 3. The fraction of sp³-hybridized carbons (Fsp3) is 1.00. The fourth-order valence-electron chi connectivity index (χ4n) is 1.06. The Morgan fingerprint density at radius 3 is 2.46 bits per heavy atom. The lowest BCUT2D eigenvalue weighted by Crippen LogP contribution is -2.25. The summed E-state index contributed by atoms with van der Waals surface area (Å²) < 4.78 is 10.4. The molecule has 0 amide bonds. The van der Waals surface area contributed by atoms with Crippen LogP contribution in [0.5, 0.6) is 0 Å². The van der Waals surface area contributed by atoms with Gasteiger partial charge < -0.3 is 15.2 Å². The van der Waals surface area contributed by atoms with E-state index in [4.69, 9.17) is 15.2 Å². The molecule has 0 fully saturated rings. The largest absolute Gasteiger partial charge is 0.383 e. The summed E-state index contributed by atoms with van der Waals surface area (Å²) in [5, 5.41) is 0. The number of ether oxygens (including phenoxy) is 2. The molecule has 0 aliphatic heterocycles. The molecule has 3 heteroatoms. The Labute approximate surface area is 81.6 Å². The number of methoxy groups -OCH3 is 1. The first-order chi connectivity index (χ1) is 6.16. The highest BCUT2D eigenvalue weighted by Crippen LogP contribution is 1.98. The van der Waals surface area contributed by atoms with Gasteiger partial charge in [-0.3, -0.25) is 0 Å². The van der Waals surface area contributed by atoms with Crippen LogP contribution in [-0.2, 0) is 9.47 Å². The second kappa shape index (κ2) is 8.48. The molecule has 0 aliphatic carbocycles. The van der Waals surface area contributed by atoms with Crippen molar-refractivity contribution in [3.63, 3.8) is 0 Å². The quantitative estimate of drug-likeness (QED) is 0.587. The maximum absolute atomic E-state index is 5.75. The highest BCUT2D eigenvalue weighted by atomic mass is 16.5. The molecule has 0 heterocycles. The van der Waals surface area contributed by atoms with Crippen molar-refractivity contribution >= 4 is 0 Å². The third-order valence-corrected chi connectivity index (χ3v) is 1.70. The first kappa shape index (κ1) is 12.9. The van der Waals surface area contributed by atoms with E-state index in [-0.39, 0.29) is 6.04 Å². The Balaban J connectivity index is 3.06. The van der Waals surface area contributed by atoms with Crippen LogP contribution in [0, 0.1) is 5.92 Å². The third-order valence-electron chi connectivity index (χ3n) is 1.70. The van der Waals surface area contributed by atoms with Gasteiger partial charge in [0.25, 0.3) is 0 Å². The van der Waals surface area contributed by atoms with Gasteiger partial charge in [-0.05, 0) is 18.8 Å². The van der Waals surface area contributed by atoms with Crippen molar-refractivity contribution in [2.45, 2.75) is 32.7 Å². The lowest BCUT2D eigenvalue weighted by Gasteiger charge is -2.10. The summed E-state index contributed by atoms with van der Waals surface area (Å²) in [5.74, 6) is 0.618. The lowest BCUT2D eigenvalue weighted by molar-refractivity contribution is 0.102. The molecular formula is C10H23NO2. The van der Waals surface area contributed by atoms with Crippen LogP contribution < -0.4 is 5.73 Å². The normalized spacial score (nSPS) is 13.6. The zero-order valence-corrected chi connectivity index (χ0v) is 9.08. The van der Waals surface area contributed by atoms with Crippen LogP contribution in [0.4, 0.5) is 0 Å². The average Bonchev–Trinajstić information content (AvgIpc) is 2.03. The Kier molecular flexibility index (Phi) is 8.40. The zero-order chi connectivity index (χ0) is 10.1. The zero-order valence-electron chi connectivity index (χ0n) is 9.08. The van der Waals surface area contributed by atoms with E-state index < -0.39 is 0 Å². The van der Waals surface area contributed by atoms with Crippen LogP contribution in [0.2, 0.25) is 0 Å². The minimum Gasteiger partial charge on any atom is -0.383 e. The van der Waals surface area contributed by atoms with Crippen LogP contribution in [0.25, 0.3) is 0 Å². The highest BCUT2D eigenvalue weighted by Gasteiger charge is 2.01. The van der Waals surface area contributed by atoms with Gasteiger partial charge in [-0.25, -0.2) is 0 Å². The van der Waals surface area contributed by atoms with Gasteiger partial charge >= 0.3 is 0 Å². The Morgan fingerprint density at radius 2 is 1.92 bits per heavy atom. The molecule has 0 saturated heterocycles. The van der Waals surface area contributed by atoms with Crippen molar-refractivity contribution in [1.82, 2.24) is 0 Å². The van der Waals surface area contributed by atoms with Crippen molar-refractivity contribution < 1.29 is 9.47 Å². The van der Waals surface area contributed by atoms with Gasteiger partial charge in [0.05, 0.1) is 6.61 Å². The molecule has 0 aliphatic rings. The Hall–Kier alpha value is -0.120. The molecular weight excluding hydrogens is 166 g/mol. The summed E-state index contributed by atoms with van der Waals surface area (Å²) in [6.45, 7) is 6.60. The predicted octanol–water partition coefficient (Wildman–Crippen LogP) is 1.41. The van der Waals surface area contributed by atoms with Crippen molar-refractivity contribution in [3.8, 4) is 0 Å². The molecule has 0 saturated carbocycles. The summed E-state index contributed by atoms with van der Waals surface area (Å²) in [7, 11) is 1.68. The molecule has 1 atom stereocenters. The number of hydrogen-bond donors (Lipinski definition) is 1. The van der Waals surface area contributed by atoms with Crippen LogP contribution in [0.3, 0.4) is 0 Å². The molecule has 0 bridgehead atoms. The minimum absolute atomic E-state index is 0.160. The predicted molar refractivity (Wildman–Crippen MR) is 54.7 cm³/mol. The summed E-state index contributed by atoms with van der Waals surface area (Å²) in [6.07, 6.45) is 2.00. The molecule has 2 N–H and O–H groups in total. The van der Waals surface area contributed by atoms with Gasteiger partial charge in [-0.15, -0.1) is 0 Å². The highest BCUT2D eigenvalue weighted by molar-refractivity contribution is 4.58. The molecule has 0 rings (SSSR count). The van der Waals surface area contributed by atoms with E-state index in [1.54, 1.807) is 7.11 Å². The Morgan fingerprint density at radius 1 is 1.23 bits per heavy atom. The van der Waals surface area contributed by atoms with E-state index in [0.717, 1.165) is 26.1 Å². The van der Waals surface area contributed by atoms with E-state index in [0.29, 0.717) is 12.5 Å². The summed E-state index contributed by atoms with van der Waals surface area (Å²) in [5.41, 5.74) is 5.75. The molecule has 80 valence electrons. The second-order valence-electron chi connectivity index (χ2n) is 3.83. The van der Waals surface area contributed by atoms with E-state index in [1.165, 1.54) is 0 Å². The monoisotopic (exact) mass is 189 g/mol. The van der Waals surface area contributed by atoms with Gasteiger partial charge in [0.1, 0.15) is 0 Å². The van der Waals surface area contributed by atoms with Gasteiger partial charge in [-0.1, -0.05) is 13.8 Å². The van der Waals surface area contributed by atoms with Crippen LogP contribution in [0.15, 0.2) is 0 Å². The molecule has 13 heavy (non-hydrogen) atoms. The van der Waals surface area contributed by atoms with Crippen molar-refractivity contribution in [2.75, 3.05) is 26.9 Å². The lowest BCUT2D eigenvalue weighted by atomic mass is 10.2. The van der Waals surface area contributed by atoms with E-state index in [2.05, 4.69) is 13.8 Å². The standard InChI is InChI=1S/C10H23NO2/c1-9(2)7-13-6-4-5-10(11)8-12-3/h9-10H,4-8,11H2,1-3H3. The topological polar surface area (TPSA) is 44.5 Å². The second-order valence-corrected chi connectivity index (χ2v) is 3.83. The average molecular weight is 189 g/mol. The van der Waals surface area contributed by atoms with Gasteiger partial charge in [0.15, 0.2) is 0 Å². The first-order valence-electron chi connectivity index (χ1n) is 4.99. The van der Waals surface area contributed by atoms with Crippen molar-refractivity contribution in [2.24, 2.45) is 11.7 Å². The maximum atomic E-state index is 5.75. The summed E-state index contributed by atoms with van der Waals surface area (Å²) >= 11 is 0. The van der Waals surface area contributed by atoms with Gasteiger partial charge in [-0.2, -0.15) is 0 Å². The molecule has 0 radical (unpaired) electrons. The molecule has 3 nitrogen and oxygen atoms in total. The minimum atomic E-state index is 0.160. The van der Waals surface area contributed by atoms with E-state index in [9.17, 15) is 0 Å². The van der Waals surface area contributed by atoms with E-state index >= 15 is 0 Å².